The first kappa shape index (κ1) is 27.7. The maximum atomic E-state index is 13.2. The van der Waals surface area contributed by atoms with Crippen LogP contribution in [0.5, 0.6) is 0 Å². The number of anilines is 2. The number of hydrogen-bond donors (Lipinski definition) is 2. The summed E-state index contributed by atoms with van der Waals surface area (Å²) in [5.74, 6) is 0.186. The number of halogens is 2. The van der Waals surface area contributed by atoms with Crippen molar-refractivity contribution in [1.29, 1.82) is 0 Å². The second-order valence-corrected chi connectivity index (χ2v) is 11.0. The number of nitrogens with one attached hydrogen (secondary N) is 2. The fraction of sp³-hybridized carbons (Fsp3) is 0.370. The Morgan fingerprint density at radius 3 is 2.39 bits per heavy atom. The van der Waals surface area contributed by atoms with Gasteiger partial charge in [-0.15, -0.1) is 0 Å². The average Bonchev–Trinajstić information content (AvgIpc) is 3.24. The Morgan fingerprint density at radius 2 is 1.75 bits per heavy atom. The second kappa shape index (κ2) is 12.4. The summed E-state index contributed by atoms with van der Waals surface area (Å²) in [6, 6.07) is 16.2. The Balaban J connectivity index is 1.81. The predicted molar refractivity (Wildman–Crippen MR) is 150 cm³/mol. The van der Waals surface area contributed by atoms with Crippen LogP contribution in [0.25, 0.3) is 5.69 Å². The van der Waals surface area contributed by atoms with Crippen LogP contribution in [-0.2, 0) is 10.2 Å². The SMILES string of the molecule is CCCCCN(CC(=O)Nc1cc(C(C)(C)C)nn1-c1ccccc1Cl)C(=O)Nc1ccc(Br)cc1. The van der Waals surface area contributed by atoms with Crippen molar-refractivity contribution < 1.29 is 9.59 Å². The first-order valence-electron chi connectivity index (χ1n) is 12.0. The van der Waals surface area contributed by atoms with Gasteiger partial charge in [-0.2, -0.15) is 5.10 Å². The van der Waals surface area contributed by atoms with Crippen LogP contribution in [0.2, 0.25) is 5.02 Å². The van der Waals surface area contributed by atoms with E-state index in [4.69, 9.17) is 16.7 Å². The monoisotopic (exact) mass is 573 g/mol. The number of carbonyl (C=O) groups is 2. The number of aromatic nitrogens is 2. The summed E-state index contributed by atoms with van der Waals surface area (Å²) in [6.45, 7) is 8.65. The topological polar surface area (TPSA) is 79.3 Å². The quantitative estimate of drug-likeness (QED) is 0.264. The maximum Gasteiger partial charge on any atom is 0.322 e. The van der Waals surface area contributed by atoms with Crippen LogP contribution in [0.4, 0.5) is 16.3 Å². The molecule has 0 aliphatic carbocycles. The normalized spacial score (nSPS) is 11.3. The zero-order chi connectivity index (χ0) is 26.3. The number of unbranched alkanes of at least 4 members (excludes halogenated alkanes) is 2. The van der Waals surface area contributed by atoms with Crippen molar-refractivity contribution in [3.05, 3.63) is 69.8 Å². The number of hydrogen-bond acceptors (Lipinski definition) is 3. The van der Waals surface area contributed by atoms with Gasteiger partial charge in [0.2, 0.25) is 5.91 Å². The molecular formula is C27H33BrClN5O2. The smallest absolute Gasteiger partial charge is 0.315 e. The van der Waals surface area contributed by atoms with E-state index in [0.29, 0.717) is 28.8 Å². The number of amides is 3. The fourth-order valence-corrected chi connectivity index (χ4v) is 4.02. The summed E-state index contributed by atoms with van der Waals surface area (Å²) in [7, 11) is 0. The van der Waals surface area contributed by atoms with Gasteiger partial charge in [0.25, 0.3) is 0 Å². The van der Waals surface area contributed by atoms with Crippen molar-refractivity contribution in [2.75, 3.05) is 23.7 Å². The first-order valence-corrected chi connectivity index (χ1v) is 13.2. The molecule has 36 heavy (non-hydrogen) atoms. The van der Waals surface area contributed by atoms with Gasteiger partial charge in [0.15, 0.2) is 0 Å². The standard InChI is InChI=1S/C27H33BrClN5O2/c1-5-6-9-16-33(26(36)30-20-14-12-19(28)13-15-20)18-25(35)31-24-17-23(27(2,3)4)32-34(24)22-11-8-7-10-21(22)29/h7-8,10-15,17H,5-6,9,16,18H2,1-4H3,(H,30,36)(H,31,35). The predicted octanol–water partition coefficient (Wildman–Crippen LogP) is 7.25. The van der Waals surface area contributed by atoms with Crippen LogP contribution in [0, 0.1) is 0 Å². The lowest BCUT2D eigenvalue weighted by molar-refractivity contribution is -0.116. The van der Waals surface area contributed by atoms with E-state index in [2.05, 4.69) is 54.3 Å². The highest BCUT2D eigenvalue weighted by atomic mass is 79.9. The van der Waals surface area contributed by atoms with Crippen LogP contribution in [0.3, 0.4) is 0 Å². The molecule has 0 bridgehead atoms. The van der Waals surface area contributed by atoms with Crippen molar-refractivity contribution >= 4 is 51.0 Å². The molecule has 0 saturated heterocycles. The summed E-state index contributed by atoms with van der Waals surface area (Å²) >= 11 is 9.83. The molecule has 3 rings (SSSR count). The van der Waals surface area contributed by atoms with E-state index in [9.17, 15) is 9.59 Å². The Hall–Kier alpha value is -2.84. The van der Waals surface area contributed by atoms with Crippen LogP contribution >= 0.6 is 27.5 Å². The van der Waals surface area contributed by atoms with Crippen LogP contribution < -0.4 is 10.6 Å². The molecule has 3 aromatic rings. The molecular weight excluding hydrogens is 542 g/mol. The number of carbonyl (C=O) groups excluding carboxylic acids is 2. The van der Waals surface area contributed by atoms with Crippen LogP contribution in [0.15, 0.2) is 59.1 Å². The third kappa shape index (κ3) is 7.58. The van der Waals surface area contributed by atoms with Crippen molar-refractivity contribution in [3.8, 4) is 5.69 Å². The Morgan fingerprint density at radius 1 is 1.06 bits per heavy atom. The highest BCUT2D eigenvalue weighted by Crippen LogP contribution is 2.29. The number of benzene rings is 2. The molecule has 3 amide bonds. The molecule has 9 heteroatoms. The highest BCUT2D eigenvalue weighted by molar-refractivity contribution is 9.10. The molecule has 0 unspecified atom stereocenters. The number of nitrogens with zero attached hydrogens (tertiary/aromatic N) is 3. The molecule has 0 saturated carbocycles. The molecule has 2 N–H and O–H groups in total. The summed E-state index contributed by atoms with van der Waals surface area (Å²) in [4.78, 5) is 27.7. The van der Waals surface area contributed by atoms with E-state index < -0.39 is 0 Å². The molecule has 7 nitrogen and oxygen atoms in total. The lowest BCUT2D eigenvalue weighted by Gasteiger charge is -2.23. The fourth-order valence-electron chi connectivity index (χ4n) is 3.54. The number of rotatable bonds is 9. The molecule has 1 aromatic heterocycles. The Kier molecular flexibility index (Phi) is 9.56. The van der Waals surface area contributed by atoms with E-state index in [1.54, 1.807) is 10.7 Å². The second-order valence-electron chi connectivity index (χ2n) is 9.64. The first-order chi connectivity index (χ1) is 17.1. The molecule has 0 aliphatic rings. The third-order valence-electron chi connectivity index (χ3n) is 5.57. The molecule has 0 aliphatic heterocycles. The van der Waals surface area contributed by atoms with E-state index in [1.807, 2.05) is 48.5 Å². The number of para-hydroxylation sites is 1. The summed E-state index contributed by atoms with van der Waals surface area (Å²) in [5, 5.41) is 11.1. The maximum absolute atomic E-state index is 13.2. The van der Waals surface area contributed by atoms with Crippen molar-refractivity contribution in [3.63, 3.8) is 0 Å². The lowest BCUT2D eigenvalue weighted by Crippen LogP contribution is -2.41. The van der Waals surface area contributed by atoms with Gasteiger partial charge in [-0.1, -0.05) is 80.2 Å². The van der Waals surface area contributed by atoms with Crippen LogP contribution in [-0.4, -0.2) is 39.7 Å². The van der Waals surface area contributed by atoms with E-state index >= 15 is 0 Å². The zero-order valence-corrected chi connectivity index (χ0v) is 23.5. The van der Waals surface area contributed by atoms with Gasteiger partial charge in [-0.05, 0) is 42.8 Å². The third-order valence-corrected chi connectivity index (χ3v) is 6.42. The minimum absolute atomic E-state index is 0.0926. The minimum Gasteiger partial charge on any atom is -0.315 e. The summed E-state index contributed by atoms with van der Waals surface area (Å²) in [5.41, 5.74) is 1.90. The minimum atomic E-state index is -0.321. The Labute approximate surface area is 226 Å². The van der Waals surface area contributed by atoms with Gasteiger partial charge in [-0.25, -0.2) is 9.48 Å². The number of urea groups is 1. The van der Waals surface area contributed by atoms with Gasteiger partial charge in [0.05, 0.1) is 16.4 Å². The van der Waals surface area contributed by atoms with Crippen molar-refractivity contribution in [1.82, 2.24) is 14.7 Å². The summed E-state index contributed by atoms with van der Waals surface area (Å²) < 4.78 is 2.56. The summed E-state index contributed by atoms with van der Waals surface area (Å²) in [6.07, 6.45) is 2.79. The lowest BCUT2D eigenvalue weighted by atomic mass is 9.92. The molecule has 0 spiro atoms. The van der Waals surface area contributed by atoms with E-state index in [0.717, 1.165) is 29.4 Å². The van der Waals surface area contributed by atoms with Gasteiger partial charge < -0.3 is 15.5 Å². The molecule has 0 radical (unpaired) electrons. The van der Waals surface area contributed by atoms with Gasteiger partial charge in [0.1, 0.15) is 12.4 Å². The molecule has 2 aromatic carbocycles. The zero-order valence-electron chi connectivity index (χ0n) is 21.1. The van der Waals surface area contributed by atoms with Crippen molar-refractivity contribution in [2.24, 2.45) is 0 Å². The molecule has 1 heterocycles. The molecule has 192 valence electrons. The van der Waals surface area contributed by atoms with E-state index in [-0.39, 0.29) is 23.9 Å². The van der Waals surface area contributed by atoms with Gasteiger partial charge >= 0.3 is 6.03 Å². The molecule has 0 fully saturated rings. The highest BCUT2D eigenvalue weighted by Gasteiger charge is 2.23. The van der Waals surface area contributed by atoms with Gasteiger partial charge in [0, 0.05) is 28.2 Å². The molecule has 0 atom stereocenters. The van der Waals surface area contributed by atoms with Crippen molar-refractivity contribution in [2.45, 2.75) is 52.4 Å². The largest absolute Gasteiger partial charge is 0.322 e. The average molecular weight is 575 g/mol. The Bertz CT molecular complexity index is 1190. The van der Waals surface area contributed by atoms with Crippen LogP contribution in [0.1, 0.15) is 52.7 Å². The van der Waals surface area contributed by atoms with Gasteiger partial charge in [-0.3, -0.25) is 4.79 Å². The van der Waals surface area contributed by atoms with E-state index in [1.165, 1.54) is 4.90 Å².